The lowest BCUT2D eigenvalue weighted by atomic mass is 10.1. The molecule has 5 heteroatoms. The number of ether oxygens (including phenoxy) is 1. The highest BCUT2D eigenvalue weighted by atomic mass is 35.5. The summed E-state index contributed by atoms with van der Waals surface area (Å²) in [7, 11) is 1.53. The molecule has 0 radical (unpaired) electrons. The first-order valence-corrected chi connectivity index (χ1v) is 6.78. The van der Waals surface area contributed by atoms with E-state index < -0.39 is 0 Å². The average Bonchev–Trinajstić information content (AvgIpc) is 2.97. The van der Waals surface area contributed by atoms with Gasteiger partial charge >= 0.3 is 0 Å². The summed E-state index contributed by atoms with van der Waals surface area (Å²) in [5.74, 6) is 0.333. The minimum Gasteiger partial charge on any atom is -0.495 e. The van der Waals surface area contributed by atoms with Crippen molar-refractivity contribution in [3.63, 3.8) is 0 Å². The molecule has 0 spiro atoms. The highest BCUT2D eigenvalue weighted by Gasteiger charge is 2.12. The molecule has 0 unspecified atom stereocenters. The molecule has 1 amide bonds. The van der Waals surface area contributed by atoms with Crippen LogP contribution in [0.2, 0.25) is 5.02 Å². The maximum atomic E-state index is 12.4. The van der Waals surface area contributed by atoms with Gasteiger partial charge in [0.2, 0.25) is 0 Å². The van der Waals surface area contributed by atoms with Crippen molar-refractivity contribution in [1.82, 2.24) is 4.98 Å². The number of fused-ring (bicyclic) bond motifs is 1. The largest absolute Gasteiger partial charge is 0.495 e. The Labute approximate surface area is 126 Å². The molecule has 21 heavy (non-hydrogen) atoms. The Morgan fingerprint density at radius 1 is 1.24 bits per heavy atom. The number of hydrogen-bond acceptors (Lipinski definition) is 2. The number of methoxy groups -OCH3 is 1. The summed E-state index contributed by atoms with van der Waals surface area (Å²) in [6, 6.07) is 12.6. The molecule has 0 aliphatic heterocycles. The maximum absolute atomic E-state index is 12.4. The number of aromatic amines is 1. The molecule has 2 aromatic carbocycles. The van der Waals surface area contributed by atoms with E-state index in [1.807, 2.05) is 24.4 Å². The first-order valence-electron chi connectivity index (χ1n) is 6.40. The number of amides is 1. The van der Waals surface area contributed by atoms with Gasteiger partial charge in [-0.15, -0.1) is 0 Å². The van der Waals surface area contributed by atoms with Gasteiger partial charge in [0.1, 0.15) is 5.75 Å². The van der Waals surface area contributed by atoms with E-state index in [4.69, 9.17) is 16.3 Å². The van der Waals surface area contributed by atoms with Crippen LogP contribution in [0.1, 0.15) is 10.4 Å². The van der Waals surface area contributed by atoms with Crippen LogP contribution in [0.3, 0.4) is 0 Å². The van der Waals surface area contributed by atoms with Crippen LogP contribution in [0, 0.1) is 0 Å². The van der Waals surface area contributed by atoms with Crippen molar-refractivity contribution in [3.05, 3.63) is 59.2 Å². The summed E-state index contributed by atoms with van der Waals surface area (Å²) < 4.78 is 5.14. The molecule has 0 saturated carbocycles. The molecule has 106 valence electrons. The standard InChI is InChI=1S/C16H13ClN2O2/c1-21-14-9-11(5-6-13(14)17)19-16(20)12-4-2-3-10-7-8-18-15(10)12/h2-9,18H,1H3,(H,19,20). The molecule has 1 heterocycles. The van der Waals surface area contributed by atoms with Crippen LogP contribution >= 0.6 is 11.6 Å². The third-order valence-electron chi connectivity index (χ3n) is 3.24. The first-order chi connectivity index (χ1) is 10.2. The van der Waals surface area contributed by atoms with E-state index in [-0.39, 0.29) is 5.91 Å². The van der Waals surface area contributed by atoms with Crippen molar-refractivity contribution in [2.45, 2.75) is 0 Å². The molecule has 2 N–H and O–H groups in total. The number of carbonyl (C=O) groups is 1. The number of para-hydroxylation sites is 1. The molecule has 0 aliphatic rings. The summed E-state index contributed by atoms with van der Waals surface area (Å²) in [6.45, 7) is 0. The van der Waals surface area contributed by atoms with E-state index in [1.165, 1.54) is 7.11 Å². The van der Waals surface area contributed by atoms with E-state index >= 15 is 0 Å². The van der Waals surface area contributed by atoms with Crippen LogP contribution in [0.4, 0.5) is 5.69 Å². The highest BCUT2D eigenvalue weighted by Crippen LogP contribution is 2.28. The highest BCUT2D eigenvalue weighted by molar-refractivity contribution is 6.32. The number of H-pyrrole nitrogens is 1. The number of nitrogens with one attached hydrogen (secondary N) is 2. The molecule has 0 bridgehead atoms. The van der Waals surface area contributed by atoms with Crippen molar-refractivity contribution in [3.8, 4) is 5.75 Å². The first kappa shape index (κ1) is 13.5. The lowest BCUT2D eigenvalue weighted by molar-refractivity contribution is 0.102. The van der Waals surface area contributed by atoms with E-state index in [2.05, 4.69) is 10.3 Å². The van der Waals surface area contributed by atoms with Crippen LogP contribution in [-0.4, -0.2) is 18.0 Å². The maximum Gasteiger partial charge on any atom is 0.257 e. The van der Waals surface area contributed by atoms with Gasteiger partial charge in [-0.3, -0.25) is 4.79 Å². The molecule has 0 atom stereocenters. The smallest absolute Gasteiger partial charge is 0.257 e. The monoisotopic (exact) mass is 300 g/mol. The second-order valence-electron chi connectivity index (χ2n) is 4.55. The van der Waals surface area contributed by atoms with Gasteiger partial charge in [0.15, 0.2) is 0 Å². The molecular weight excluding hydrogens is 288 g/mol. The fourth-order valence-electron chi connectivity index (χ4n) is 2.21. The second-order valence-corrected chi connectivity index (χ2v) is 4.96. The molecule has 3 aromatic rings. The van der Waals surface area contributed by atoms with Crippen molar-refractivity contribution in [2.75, 3.05) is 12.4 Å². The van der Waals surface area contributed by atoms with Crippen molar-refractivity contribution in [2.24, 2.45) is 0 Å². The lowest BCUT2D eigenvalue weighted by Gasteiger charge is -2.09. The Balaban J connectivity index is 1.91. The number of rotatable bonds is 3. The molecular formula is C16H13ClN2O2. The van der Waals surface area contributed by atoms with Gasteiger partial charge in [0, 0.05) is 23.3 Å². The zero-order chi connectivity index (χ0) is 14.8. The number of anilines is 1. The van der Waals surface area contributed by atoms with Gasteiger partial charge in [-0.25, -0.2) is 0 Å². The van der Waals surface area contributed by atoms with E-state index in [9.17, 15) is 4.79 Å². The number of aromatic nitrogens is 1. The Morgan fingerprint density at radius 3 is 2.90 bits per heavy atom. The number of hydrogen-bond donors (Lipinski definition) is 2. The van der Waals surface area contributed by atoms with Crippen LogP contribution in [0.25, 0.3) is 10.9 Å². The summed E-state index contributed by atoms with van der Waals surface area (Å²) in [4.78, 5) is 15.5. The van der Waals surface area contributed by atoms with Gasteiger partial charge in [-0.1, -0.05) is 23.7 Å². The predicted octanol–water partition coefficient (Wildman–Crippen LogP) is 4.08. The fourth-order valence-corrected chi connectivity index (χ4v) is 2.40. The molecule has 3 rings (SSSR count). The van der Waals surface area contributed by atoms with Gasteiger partial charge in [0.05, 0.1) is 23.2 Å². The SMILES string of the molecule is COc1cc(NC(=O)c2cccc3cc[nH]c23)ccc1Cl. The number of carbonyl (C=O) groups excluding carboxylic acids is 1. The summed E-state index contributed by atoms with van der Waals surface area (Å²) in [5, 5.41) is 4.34. The topological polar surface area (TPSA) is 54.1 Å². The third kappa shape index (κ3) is 2.58. The average molecular weight is 301 g/mol. The van der Waals surface area contributed by atoms with E-state index in [0.717, 1.165) is 10.9 Å². The Hall–Kier alpha value is -2.46. The minimum absolute atomic E-state index is 0.188. The van der Waals surface area contributed by atoms with E-state index in [0.29, 0.717) is 22.0 Å². The van der Waals surface area contributed by atoms with Crippen LogP contribution in [-0.2, 0) is 0 Å². The van der Waals surface area contributed by atoms with Crippen molar-refractivity contribution >= 4 is 34.1 Å². The van der Waals surface area contributed by atoms with Gasteiger partial charge in [-0.05, 0) is 24.3 Å². The van der Waals surface area contributed by atoms with Gasteiger partial charge in [0.25, 0.3) is 5.91 Å². The molecule has 0 aliphatic carbocycles. The Morgan fingerprint density at radius 2 is 2.10 bits per heavy atom. The summed E-state index contributed by atoms with van der Waals surface area (Å²) in [6.07, 6.45) is 1.81. The molecule has 0 fully saturated rings. The molecule has 1 aromatic heterocycles. The zero-order valence-corrected chi connectivity index (χ0v) is 12.1. The zero-order valence-electron chi connectivity index (χ0n) is 11.3. The Bertz CT molecular complexity index is 811. The Kier molecular flexibility index (Phi) is 3.54. The van der Waals surface area contributed by atoms with Crippen molar-refractivity contribution in [1.29, 1.82) is 0 Å². The van der Waals surface area contributed by atoms with Crippen molar-refractivity contribution < 1.29 is 9.53 Å². The normalized spacial score (nSPS) is 10.6. The number of halogens is 1. The second kappa shape index (κ2) is 5.50. The predicted molar refractivity (Wildman–Crippen MR) is 84.3 cm³/mol. The van der Waals surface area contributed by atoms with Crippen LogP contribution in [0.15, 0.2) is 48.7 Å². The summed E-state index contributed by atoms with van der Waals surface area (Å²) >= 11 is 5.97. The molecule has 4 nitrogen and oxygen atoms in total. The van der Waals surface area contributed by atoms with Crippen LogP contribution < -0.4 is 10.1 Å². The summed E-state index contributed by atoms with van der Waals surface area (Å²) in [5.41, 5.74) is 2.03. The van der Waals surface area contributed by atoms with E-state index in [1.54, 1.807) is 24.3 Å². The van der Waals surface area contributed by atoms with Crippen LogP contribution in [0.5, 0.6) is 5.75 Å². The van der Waals surface area contributed by atoms with Gasteiger partial charge in [-0.2, -0.15) is 0 Å². The quantitative estimate of drug-likeness (QED) is 0.765. The minimum atomic E-state index is -0.188. The molecule has 0 saturated heterocycles. The fraction of sp³-hybridized carbons (Fsp3) is 0.0625. The third-order valence-corrected chi connectivity index (χ3v) is 3.55. The number of benzene rings is 2. The lowest BCUT2D eigenvalue weighted by Crippen LogP contribution is -2.12. The van der Waals surface area contributed by atoms with Gasteiger partial charge < -0.3 is 15.0 Å².